The maximum absolute atomic E-state index is 11.7. The molecular weight excluding hydrogens is 196 g/mol. The molecule has 1 amide bonds. The topological polar surface area (TPSA) is 55.1 Å². The van der Waals surface area contributed by atoms with Gasteiger partial charge in [0.15, 0.2) is 0 Å². The number of hydrogen-bond donors (Lipinski definition) is 2. The summed E-state index contributed by atoms with van der Waals surface area (Å²) in [6.07, 6.45) is 5.09. The summed E-state index contributed by atoms with van der Waals surface area (Å²) in [4.78, 5) is 11.7. The standard InChI is InChI=1S/C10H20N2OS/c1-7(6-14-2)12-10(13)8-4-3-5-9(8)11/h7-9H,3-6,11H2,1-2H3,(H,12,13). The van der Waals surface area contributed by atoms with Crippen molar-refractivity contribution in [3.8, 4) is 0 Å². The zero-order valence-corrected chi connectivity index (χ0v) is 9.77. The molecule has 0 aromatic heterocycles. The lowest BCUT2D eigenvalue weighted by Gasteiger charge is -2.18. The van der Waals surface area contributed by atoms with Crippen LogP contribution in [-0.2, 0) is 4.79 Å². The number of carbonyl (C=O) groups is 1. The third-order valence-corrected chi connectivity index (χ3v) is 3.54. The van der Waals surface area contributed by atoms with Crippen LogP contribution in [0, 0.1) is 5.92 Å². The highest BCUT2D eigenvalue weighted by Crippen LogP contribution is 2.24. The molecule has 0 bridgehead atoms. The molecule has 1 fully saturated rings. The number of nitrogens with one attached hydrogen (secondary N) is 1. The van der Waals surface area contributed by atoms with Crippen molar-refractivity contribution in [2.24, 2.45) is 11.7 Å². The monoisotopic (exact) mass is 216 g/mol. The van der Waals surface area contributed by atoms with E-state index in [4.69, 9.17) is 5.73 Å². The molecule has 1 saturated carbocycles. The Hall–Kier alpha value is -0.220. The Kier molecular flexibility index (Phi) is 4.75. The van der Waals surface area contributed by atoms with Gasteiger partial charge in [0.2, 0.25) is 5.91 Å². The van der Waals surface area contributed by atoms with Crippen LogP contribution in [-0.4, -0.2) is 30.0 Å². The lowest BCUT2D eigenvalue weighted by Crippen LogP contribution is -2.43. The predicted octanol–water partition coefficient (Wildman–Crippen LogP) is 0.982. The number of thioether (sulfide) groups is 1. The van der Waals surface area contributed by atoms with Crippen LogP contribution in [0.3, 0.4) is 0 Å². The van der Waals surface area contributed by atoms with E-state index in [0.29, 0.717) is 0 Å². The van der Waals surface area contributed by atoms with Gasteiger partial charge in [-0.1, -0.05) is 6.42 Å². The van der Waals surface area contributed by atoms with E-state index in [1.807, 2.05) is 13.2 Å². The summed E-state index contributed by atoms with van der Waals surface area (Å²) in [5.41, 5.74) is 5.86. The fraction of sp³-hybridized carbons (Fsp3) is 0.900. The Morgan fingerprint density at radius 3 is 2.86 bits per heavy atom. The summed E-state index contributed by atoms with van der Waals surface area (Å²) in [5.74, 6) is 1.17. The third kappa shape index (κ3) is 3.17. The second kappa shape index (κ2) is 5.61. The minimum Gasteiger partial charge on any atom is -0.353 e. The second-order valence-corrected chi connectivity index (χ2v) is 4.98. The van der Waals surface area contributed by atoms with Gasteiger partial charge >= 0.3 is 0 Å². The Labute approximate surface area is 90.2 Å². The Balaban J connectivity index is 2.33. The molecular formula is C10H20N2OS. The summed E-state index contributed by atoms with van der Waals surface area (Å²) < 4.78 is 0. The average Bonchev–Trinajstić information content (AvgIpc) is 2.51. The summed E-state index contributed by atoms with van der Waals surface area (Å²) in [5, 5.41) is 3.01. The van der Waals surface area contributed by atoms with E-state index < -0.39 is 0 Å². The van der Waals surface area contributed by atoms with Crippen LogP contribution in [0.15, 0.2) is 0 Å². The predicted molar refractivity (Wildman–Crippen MR) is 61.3 cm³/mol. The van der Waals surface area contributed by atoms with Crippen molar-refractivity contribution in [1.82, 2.24) is 5.32 Å². The molecule has 3 unspecified atom stereocenters. The average molecular weight is 216 g/mol. The highest BCUT2D eigenvalue weighted by Gasteiger charge is 2.30. The van der Waals surface area contributed by atoms with Gasteiger partial charge in [0.05, 0.1) is 5.92 Å². The first-order valence-electron chi connectivity index (χ1n) is 5.20. The van der Waals surface area contributed by atoms with E-state index in [-0.39, 0.29) is 23.9 Å². The van der Waals surface area contributed by atoms with Crippen molar-refractivity contribution in [2.75, 3.05) is 12.0 Å². The van der Waals surface area contributed by atoms with Gasteiger partial charge < -0.3 is 11.1 Å². The fourth-order valence-electron chi connectivity index (χ4n) is 1.96. The van der Waals surface area contributed by atoms with E-state index in [0.717, 1.165) is 25.0 Å². The largest absolute Gasteiger partial charge is 0.353 e. The van der Waals surface area contributed by atoms with E-state index >= 15 is 0 Å². The van der Waals surface area contributed by atoms with Crippen molar-refractivity contribution in [3.63, 3.8) is 0 Å². The molecule has 0 heterocycles. The molecule has 3 atom stereocenters. The normalized spacial score (nSPS) is 28.8. The molecule has 82 valence electrons. The molecule has 3 N–H and O–H groups in total. The lowest BCUT2D eigenvalue weighted by molar-refractivity contribution is -0.125. The summed E-state index contributed by atoms with van der Waals surface area (Å²) in [6, 6.07) is 0.335. The van der Waals surface area contributed by atoms with E-state index in [9.17, 15) is 4.79 Å². The van der Waals surface area contributed by atoms with Gasteiger partial charge in [0.1, 0.15) is 0 Å². The number of hydrogen-bond acceptors (Lipinski definition) is 3. The fourth-order valence-corrected chi connectivity index (χ4v) is 2.54. The molecule has 0 aromatic rings. The first-order chi connectivity index (χ1) is 6.65. The van der Waals surface area contributed by atoms with E-state index in [1.165, 1.54) is 0 Å². The second-order valence-electron chi connectivity index (χ2n) is 4.07. The van der Waals surface area contributed by atoms with E-state index in [1.54, 1.807) is 11.8 Å². The van der Waals surface area contributed by atoms with Crippen molar-refractivity contribution < 1.29 is 4.79 Å². The molecule has 0 saturated heterocycles. The smallest absolute Gasteiger partial charge is 0.224 e. The number of carbonyl (C=O) groups excluding carboxylic acids is 1. The highest BCUT2D eigenvalue weighted by molar-refractivity contribution is 7.98. The first kappa shape index (κ1) is 11.9. The maximum Gasteiger partial charge on any atom is 0.224 e. The van der Waals surface area contributed by atoms with Crippen molar-refractivity contribution >= 4 is 17.7 Å². The third-order valence-electron chi connectivity index (χ3n) is 2.71. The quantitative estimate of drug-likeness (QED) is 0.736. The highest BCUT2D eigenvalue weighted by atomic mass is 32.2. The molecule has 4 heteroatoms. The molecule has 0 aliphatic heterocycles. The molecule has 0 radical (unpaired) electrons. The van der Waals surface area contributed by atoms with Crippen molar-refractivity contribution in [1.29, 1.82) is 0 Å². The van der Waals surface area contributed by atoms with Crippen LogP contribution in [0.2, 0.25) is 0 Å². The minimum absolute atomic E-state index is 0.0549. The molecule has 0 spiro atoms. The van der Waals surface area contributed by atoms with Crippen LogP contribution in [0.25, 0.3) is 0 Å². The lowest BCUT2D eigenvalue weighted by atomic mass is 10.0. The van der Waals surface area contributed by atoms with Crippen LogP contribution >= 0.6 is 11.8 Å². The Morgan fingerprint density at radius 1 is 1.64 bits per heavy atom. The van der Waals surface area contributed by atoms with Gasteiger partial charge in [0.25, 0.3) is 0 Å². The molecule has 1 rings (SSSR count). The van der Waals surface area contributed by atoms with E-state index in [2.05, 4.69) is 5.32 Å². The van der Waals surface area contributed by atoms with Gasteiger partial charge in [0, 0.05) is 17.8 Å². The first-order valence-corrected chi connectivity index (χ1v) is 6.59. The van der Waals surface area contributed by atoms with Gasteiger partial charge in [-0.2, -0.15) is 11.8 Å². The maximum atomic E-state index is 11.7. The zero-order chi connectivity index (χ0) is 10.6. The van der Waals surface area contributed by atoms with Crippen LogP contribution in [0.5, 0.6) is 0 Å². The van der Waals surface area contributed by atoms with Gasteiger partial charge in [-0.3, -0.25) is 4.79 Å². The van der Waals surface area contributed by atoms with Gasteiger partial charge in [-0.05, 0) is 26.0 Å². The number of rotatable bonds is 4. The summed E-state index contributed by atoms with van der Waals surface area (Å²) in [7, 11) is 0. The summed E-state index contributed by atoms with van der Waals surface area (Å²) in [6.45, 7) is 2.04. The number of nitrogens with two attached hydrogens (primary N) is 1. The Bertz CT molecular complexity index is 199. The molecule has 3 nitrogen and oxygen atoms in total. The SMILES string of the molecule is CSCC(C)NC(=O)C1CCCC1N. The molecule has 0 aromatic carbocycles. The zero-order valence-electron chi connectivity index (χ0n) is 8.95. The molecule has 1 aliphatic rings. The van der Waals surface area contributed by atoms with Crippen LogP contribution in [0.4, 0.5) is 0 Å². The Morgan fingerprint density at radius 2 is 2.36 bits per heavy atom. The van der Waals surface area contributed by atoms with Crippen molar-refractivity contribution in [3.05, 3.63) is 0 Å². The van der Waals surface area contributed by atoms with Gasteiger partial charge in [-0.15, -0.1) is 0 Å². The van der Waals surface area contributed by atoms with Crippen LogP contribution < -0.4 is 11.1 Å². The molecule has 14 heavy (non-hydrogen) atoms. The van der Waals surface area contributed by atoms with Gasteiger partial charge in [-0.25, -0.2) is 0 Å². The summed E-state index contributed by atoms with van der Waals surface area (Å²) >= 11 is 1.75. The minimum atomic E-state index is 0.0549. The van der Waals surface area contributed by atoms with Crippen LogP contribution in [0.1, 0.15) is 26.2 Å². The van der Waals surface area contributed by atoms with Crippen molar-refractivity contribution in [2.45, 2.75) is 38.3 Å². The number of amides is 1. The molecule has 1 aliphatic carbocycles.